The second-order valence-electron chi connectivity index (χ2n) is 4.60. The molecule has 0 heterocycles. The van der Waals surface area contributed by atoms with Gasteiger partial charge in [0.25, 0.3) is 0 Å². The average Bonchev–Trinajstić information content (AvgIpc) is 2.28. The predicted molar refractivity (Wildman–Crippen MR) is 68.2 cm³/mol. The van der Waals surface area contributed by atoms with Crippen LogP contribution in [0.4, 0.5) is 0 Å². The third kappa shape index (κ3) is 5.20. The molecule has 0 aliphatic carbocycles. The zero-order valence-electron chi connectivity index (χ0n) is 10.8. The van der Waals surface area contributed by atoms with E-state index in [1.54, 1.807) is 13.8 Å². The van der Waals surface area contributed by atoms with Crippen LogP contribution in [-0.2, 0) is 6.42 Å². The molecule has 0 spiro atoms. The summed E-state index contributed by atoms with van der Waals surface area (Å²) in [7, 11) is 0. The summed E-state index contributed by atoms with van der Waals surface area (Å²) < 4.78 is 5.56. The Morgan fingerprint density at radius 1 is 1.06 bits per heavy atom. The molecule has 0 radical (unpaired) electrons. The fourth-order valence-electron chi connectivity index (χ4n) is 1.42. The van der Waals surface area contributed by atoms with Crippen LogP contribution in [0.3, 0.4) is 0 Å². The number of benzene rings is 1. The largest absolute Gasteiger partial charge is 0.488 e. The second kappa shape index (κ2) is 6.62. The summed E-state index contributed by atoms with van der Waals surface area (Å²) in [5, 5.41) is 18.5. The van der Waals surface area contributed by atoms with E-state index in [4.69, 9.17) is 4.74 Å². The molecule has 3 unspecified atom stereocenters. The maximum atomic E-state index is 9.33. The first-order valence-electron chi connectivity index (χ1n) is 6.10. The van der Waals surface area contributed by atoms with Gasteiger partial charge < -0.3 is 14.9 Å². The van der Waals surface area contributed by atoms with Crippen LogP contribution in [0, 0.1) is 0 Å². The van der Waals surface area contributed by atoms with Crippen molar-refractivity contribution in [2.24, 2.45) is 0 Å². The zero-order chi connectivity index (χ0) is 12.8. The second-order valence-corrected chi connectivity index (χ2v) is 4.60. The Labute approximate surface area is 103 Å². The van der Waals surface area contributed by atoms with Gasteiger partial charge in [-0.15, -0.1) is 0 Å². The highest BCUT2D eigenvalue weighted by atomic mass is 16.5. The molecule has 0 amide bonds. The molecule has 2 N–H and O–H groups in total. The van der Waals surface area contributed by atoms with Gasteiger partial charge in [0.2, 0.25) is 0 Å². The van der Waals surface area contributed by atoms with Crippen LogP contribution in [0.2, 0.25) is 0 Å². The summed E-state index contributed by atoms with van der Waals surface area (Å²) in [6.07, 6.45) is 0.679. The molecule has 3 atom stereocenters. The third-order valence-corrected chi connectivity index (χ3v) is 2.78. The Bertz CT molecular complexity index is 317. The topological polar surface area (TPSA) is 49.7 Å². The summed E-state index contributed by atoms with van der Waals surface area (Å²) in [5.74, 6) is 0.763. The molecule has 0 saturated carbocycles. The Morgan fingerprint density at radius 3 is 2.12 bits per heavy atom. The first-order valence-corrected chi connectivity index (χ1v) is 6.10. The van der Waals surface area contributed by atoms with Crippen molar-refractivity contribution in [2.75, 3.05) is 0 Å². The SMILES string of the molecule is CC(O)CCc1ccc(OC(C)C(C)O)cc1. The van der Waals surface area contributed by atoms with Crippen LogP contribution >= 0.6 is 0 Å². The van der Waals surface area contributed by atoms with Crippen molar-refractivity contribution in [3.05, 3.63) is 29.8 Å². The Kier molecular flexibility index (Phi) is 5.45. The third-order valence-electron chi connectivity index (χ3n) is 2.78. The zero-order valence-corrected chi connectivity index (χ0v) is 10.8. The maximum Gasteiger partial charge on any atom is 0.121 e. The summed E-state index contributed by atoms with van der Waals surface area (Å²) in [6.45, 7) is 5.34. The molecule has 0 aromatic heterocycles. The van der Waals surface area contributed by atoms with Gasteiger partial charge in [-0.25, -0.2) is 0 Å². The molecule has 17 heavy (non-hydrogen) atoms. The van der Waals surface area contributed by atoms with Crippen molar-refractivity contribution in [3.8, 4) is 5.75 Å². The van der Waals surface area contributed by atoms with E-state index in [-0.39, 0.29) is 12.2 Å². The predicted octanol–water partition coefficient (Wildman–Crippen LogP) is 2.15. The van der Waals surface area contributed by atoms with E-state index in [0.717, 1.165) is 18.6 Å². The number of aliphatic hydroxyl groups excluding tert-OH is 2. The van der Waals surface area contributed by atoms with E-state index in [1.807, 2.05) is 31.2 Å². The molecule has 1 aromatic carbocycles. The normalized spacial score (nSPS) is 16.3. The lowest BCUT2D eigenvalue weighted by Gasteiger charge is -2.17. The number of hydrogen-bond donors (Lipinski definition) is 2. The average molecular weight is 238 g/mol. The quantitative estimate of drug-likeness (QED) is 0.798. The molecule has 1 rings (SSSR count). The number of aliphatic hydroxyl groups is 2. The minimum Gasteiger partial charge on any atom is -0.488 e. The summed E-state index contributed by atoms with van der Waals surface area (Å²) in [6, 6.07) is 7.78. The molecule has 0 bridgehead atoms. The van der Waals surface area contributed by atoms with Gasteiger partial charge >= 0.3 is 0 Å². The van der Waals surface area contributed by atoms with Gasteiger partial charge in [0.15, 0.2) is 0 Å². The monoisotopic (exact) mass is 238 g/mol. The van der Waals surface area contributed by atoms with Crippen molar-refractivity contribution < 1.29 is 14.9 Å². The molecular weight excluding hydrogens is 216 g/mol. The molecule has 0 aliphatic heterocycles. The van der Waals surface area contributed by atoms with Gasteiger partial charge in [0.1, 0.15) is 11.9 Å². The number of aryl methyl sites for hydroxylation is 1. The van der Waals surface area contributed by atoms with E-state index >= 15 is 0 Å². The molecule has 0 aliphatic rings. The lowest BCUT2D eigenvalue weighted by molar-refractivity contribution is 0.0604. The van der Waals surface area contributed by atoms with E-state index in [2.05, 4.69) is 0 Å². The van der Waals surface area contributed by atoms with Crippen molar-refractivity contribution in [1.82, 2.24) is 0 Å². The molecule has 0 fully saturated rings. The molecule has 96 valence electrons. The van der Waals surface area contributed by atoms with E-state index < -0.39 is 6.10 Å². The van der Waals surface area contributed by atoms with E-state index in [9.17, 15) is 10.2 Å². The minimum atomic E-state index is -0.482. The lowest BCUT2D eigenvalue weighted by atomic mass is 10.1. The highest BCUT2D eigenvalue weighted by molar-refractivity contribution is 5.27. The molecule has 3 nitrogen and oxygen atoms in total. The molecule has 0 saturated heterocycles. The first kappa shape index (κ1) is 14.0. The summed E-state index contributed by atoms with van der Waals surface area (Å²) >= 11 is 0. The maximum absolute atomic E-state index is 9.33. The summed E-state index contributed by atoms with van der Waals surface area (Å²) in [5.41, 5.74) is 1.18. The van der Waals surface area contributed by atoms with Crippen molar-refractivity contribution in [1.29, 1.82) is 0 Å². The molecular formula is C14H22O3. The Balaban J connectivity index is 2.50. The Hall–Kier alpha value is -1.06. The van der Waals surface area contributed by atoms with Crippen LogP contribution in [-0.4, -0.2) is 28.5 Å². The molecule has 3 heteroatoms. The summed E-state index contributed by atoms with van der Waals surface area (Å²) in [4.78, 5) is 0. The number of ether oxygens (including phenoxy) is 1. The van der Waals surface area contributed by atoms with E-state index in [0.29, 0.717) is 0 Å². The lowest BCUT2D eigenvalue weighted by Crippen LogP contribution is -2.25. The van der Waals surface area contributed by atoms with Gasteiger partial charge in [0.05, 0.1) is 12.2 Å². The van der Waals surface area contributed by atoms with Gasteiger partial charge in [-0.05, 0) is 51.3 Å². The van der Waals surface area contributed by atoms with Gasteiger partial charge in [0, 0.05) is 0 Å². The van der Waals surface area contributed by atoms with Gasteiger partial charge in [-0.1, -0.05) is 12.1 Å². The van der Waals surface area contributed by atoms with Crippen LogP contribution in [0.15, 0.2) is 24.3 Å². The van der Waals surface area contributed by atoms with Crippen molar-refractivity contribution >= 4 is 0 Å². The van der Waals surface area contributed by atoms with Crippen LogP contribution in [0.25, 0.3) is 0 Å². The highest BCUT2D eigenvalue weighted by Crippen LogP contribution is 2.16. The highest BCUT2D eigenvalue weighted by Gasteiger charge is 2.09. The van der Waals surface area contributed by atoms with Gasteiger partial charge in [-0.2, -0.15) is 0 Å². The van der Waals surface area contributed by atoms with Crippen molar-refractivity contribution in [3.63, 3.8) is 0 Å². The Morgan fingerprint density at radius 2 is 1.65 bits per heavy atom. The smallest absolute Gasteiger partial charge is 0.121 e. The van der Waals surface area contributed by atoms with Crippen LogP contribution in [0.1, 0.15) is 32.8 Å². The standard InChI is InChI=1S/C14H22O3/c1-10(15)4-5-13-6-8-14(9-7-13)17-12(3)11(2)16/h6-12,15-16H,4-5H2,1-3H3. The minimum absolute atomic E-state index is 0.210. The first-order chi connectivity index (χ1) is 7.99. The fraction of sp³-hybridized carbons (Fsp3) is 0.571. The van der Waals surface area contributed by atoms with E-state index in [1.165, 1.54) is 5.56 Å². The van der Waals surface area contributed by atoms with Crippen molar-refractivity contribution in [2.45, 2.75) is 51.9 Å². The fourth-order valence-corrected chi connectivity index (χ4v) is 1.42. The van der Waals surface area contributed by atoms with Crippen LogP contribution in [0.5, 0.6) is 5.75 Å². The van der Waals surface area contributed by atoms with Crippen LogP contribution < -0.4 is 4.74 Å². The van der Waals surface area contributed by atoms with Gasteiger partial charge in [-0.3, -0.25) is 0 Å². The molecule has 1 aromatic rings. The number of hydrogen-bond acceptors (Lipinski definition) is 3. The number of rotatable bonds is 6.